The Labute approximate surface area is 122 Å². The van der Waals surface area contributed by atoms with Gasteiger partial charge in [0.25, 0.3) is 0 Å². The third kappa shape index (κ3) is 2.84. The summed E-state index contributed by atoms with van der Waals surface area (Å²) in [6.07, 6.45) is 1.70. The molecular weight excluding hydrogens is 272 g/mol. The van der Waals surface area contributed by atoms with E-state index in [9.17, 15) is 0 Å². The molecule has 2 aromatic carbocycles. The Hall–Kier alpha value is -1.84. The van der Waals surface area contributed by atoms with Crippen molar-refractivity contribution in [1.29, 1.82) is 0 Å². The van der Waals surface area contributed by atoms with Gasteiger partial charge in [0.1, 0.15) is 5.52 Å². The number of aromatic nitrogens is 1. The van der Waals surface area contributed by atoms with E-state index in [1.165, 1.54) is 5.56 Å². The highest BCUT2D eigenvalue weighted by atomic mass is 35.5. The standard InChI is InChI=1S/C16H15ClN2O/c17-12-7-9-14-15(10-12)20-16(19-14)13(18)8-6-11-4-2-1-3-5-11/h1-5,7,9-10,13H,6,8,18H2. The summed E-state index contributed by atoms with van der Waals surface area (Å²) in [6, 6.07) is 15.5. The van der Waals surface area contributed by atoms with E-state index in [0.29, 0.717) is 16.5 Å². The number of aryl methyl sites for hydroxylation is 1. The third-order valence-electron chi connectivity index (χ3n) is 3.27. The van der Waals surface area contributed by atoms with E-state index in [1.807, 2.05) is 24.3 Å². The van der Waals surface area contributed by atoms with E-state index in [4.69, 9.17) is 21.8 Å². The van der Waals surface area contributed by atoms with E-state index in [-0.39, 0.29) is 6.04 Å². The molecule has 1 heterocycles. The molecule has 0 fully saturated rings. The lowest BCUT2D eigenvalue weighted by molar-refractivity contribution is 0.459. The molecule has 0 aliphatic rings. The third-order valence-corrected chi connectivity index (χ3v) is 3.51. The van der Waals surface area contributed by atoms with E-state index in [2.05, 4.69) is 17.1 Å². The van der Waals surface area contributed by atoms with Crippen LogP contribution in [0.25, 0.3) is 11.1 Å². The zero-order valence-corrected chi connectivity index (χ0v) is 11.7. The fraction of sp³-hybridized carbons (Fsp3) is 0.188. The van der Waals surface area contributed by atoms with Gasteiger partial charge in [0.05, 0.1) is 6.04 Å². The van der Waals surface area contributed by atoms with Gasteiger partial charge in [-0.15, -0.1) is 0 Å². The van der Waals surface area contributed by atoms with E-state index in [1.54, 1.807) is 12.1 Å². The van der Waals surface area contributed by atoms with Gasteiger partial charge in [-0.3, -0.25) is 0 Å². The molecule has 0 aliphatic heterocycles. The summed E-state index contributed by atoms with van der Waals surface area (Å²) in [5.74, 6) is 0.568. The lowest BCUT2D eigenvalue weighted by Gasteiger charge is -2.07. The molecule has 102 valence electrons. The average Bonchev–Trinajstić information content (AvgIpc) is 2.89. The highest BCUT2D eigenvalue weighted by Gasteiger charge is 2.14. The Morgan fingerprint density at radius 2 is 1.95 bits per heavy atom. The van der Waals surface area contributed by atoms with E-state index >= 15 is 0 Å². The summed E-state index contributed by atoms with van der Waals surface area (Å²) in [6.45, 7) is 0. The van der Waals surface area contributed by atoms with Crippen LogP contribution in [0.1, 0.15) is 23.9 Å². The molecular formula is C16H15ClN2O. The van der Waals surface area contributed by atoms with Crippen molar-refractivity contribution in [2.45, 2.75) is 18.9 Å². The van der Waals surface area contributed by atoms with Crippen molar-refractivity contribution in [2.24, 2.45) is 5.73 Å². The van der Waals surface area contributed by atoms with Crippen LogP contribution < -0.4 is 5.73 Å². The fourth-order valence-electron chi connectivity index (χ4n) is 2.17. The van der Waals surface area contributed by atoms with Crippen molar-refractivity contribution in [1.82, 2.24) is 4.98 Å². The second-order valence-corrected chi connectivity index (χ2v) is 5.23. The predicted octanol–water partition coefficient (Wildman–Crippen LogP) is 4.11. The zero-order chi connectivity index (χ0) is 13.9. The van der Waals surface area contributed by atoms with Gasteiger partial charge in [-0.05, 0) is 30.5 Å². The first-order valence-corrected chi connectivity index (χ1v) is 6.95. The number of oxazole rings is 1. The van der Waals surface area contributed by atoms with Crippen LogP contribution >= 0.6 is 11.6 Å². The Balaban J connectivity index is 1.73. The van der Waals surface area contributed by atoms with Crippen molar-refractivity contribution in [3.8, 4) is 0 Å². The lowest BCUT2D eigenvalue weighted by Crippen LogP contribution is -2.11. The Morgan fingerprint density at radius 3 is 2.75 bits per heavy atom. The summed E-state index contributed by atoms with van der Waals surface area (Å²) >= 11 is 5.93. The highest BCUT2D eigenvalue weighted by Crippen LogP contribution is 2.24. The van der Waals surface area contributed by atoms with Gasteiger partial charge < -0.3 is 10.2 Å². The maximum absolute atomic E-state index is 6.16. The minimum Gasteiger partial charge on any atom is -0.439 e. The van der Waals surface area contributed by atoms with Crippen molar-refractivity contribution < 1.29 is 4.42 Å². The minimum atomic E-state index is -0.207. The molecule has 3 rings (SSSR count). The van der Waals surface area contributed by atoms with Gasteiger partial charge in [0, 0.05) is 11.1 Å². The summed E-state index contributed by atoms with van der Waals surface area (Å²) in [5, 5.41) is 0.637. The Morgan fingerprint density at radius 1 is 1.15 bits per heavy atom. The summed E-state index contributed by atoms with van der Waals surface area (Å²) in [7, 11) is 0. The number of hydrogen-bond donors (Lipinski definition) is 1. The van der Waals surface area contributed by atoms with Crippen molar-refractivity contribution in [3.05, 3.63) is 65.0 Å². The quantitative estimate of drug-likeness (QED) is 0.785. The van der Waals surface area contributed by atoms with Crippen molar-refractivity contribution in [3.63, 3.8) is 0 Å². The summed E-state index contributed by atoms with van der Waals surface area (Å²) in [4.78, 5) is 4.42. The van der Waals surface area contributed by atoms with Gasteiger partial charge in [0.2, 0.25) is 5.89 Å². The van der Waals surface area contributed by atoms with E-state index in [0.717, 1.165) is 18.4 Å². The van der Waals surface area contributed by atoms with Crippen molar-refractivity contribution >= 4 is 22.7 Å². The van der Waals surface area contributed by atoms with Crippen LogP contribution in [-0.4, -0.2) is 4.98 Å². The SMILES string of the molecule is NC(CCc1ccccc1)c1nc2ccc(Cl)cc2o1. The van der Waals surface area contributed by atoms with Crippen molar-refractivity contribution in [2.75, 3.05) is 0 Å². The second-order valence-electron chi connectivity index (χ2n) is 4.79. The molecule has 4 heteroatoms. The smallest absolute Gasteiger partial charge is 0.212 e. The monoisotopic (exact) mass is 286 g/mol. The fourth-order valence-corrected chi connectivity index (χ4v) is 2.33. The molecule has 0 amide bonds. The molecule has 0 aliphatic carbocycles. The van der Waals surface area contributed by atoms with Crippen LogP contribution in [0.15, 0.2) is 52.9 Å². The Kier molecular flexibility index (Phi) is 3.72. The largest absolute Gasteiger partial charge is 0.439 e. The number of nitrogens with two attached hydrogens (primary N) is 1. The molecule has 0 saturated heterocycles. The predicted molar refractivity (Wildman–Crippen MR) is 80.7 cm³/mol. The topological polar surface area (TPSA) is 52.0 Å². The number of hydrogen-bond acceptors (Lipinski definition) is 3. The molecule has 3 aromatic rings. The normalized spacial score (nSPS) is 12.7. The number of fused-ring (bicyclic) bond motifs is 1. The zero-order valence-electron chi connectivity index (χ0n) is 10.9. The van der Waals surface area contributed by atoms with Crippen LogP contribution in [0.4, 0.5) is 0 Å². The van der Waals surface area contributed by atoms with Gasteiger partial charge in [-0.1, -0.05) is 41.9 Å². The average molecular weight is 287 g/mol. The maximum Gasteiger partial charge on any atom is 0.212 e. The molecule has 3 nitrogen and oxygen atoms in total. The molecule has 20 heavy (non-hydrogen) atoms. The molecule has 0 radical (unpaired) electrons. The van der Waals surface area contributed by atoms with Gasteiger partial charge in [0.15, 0.2) is 5.58 Å². The van der Waals surface area contributed by atoms with Gasteiger partial charge in [-0.25, -0.2) is 4.98 Å². The molecule has 1 aromatic heterocycles. The molecule has 0 bridgehead atoms. The molecule has 1 atom stereocenters. The summed E-state index contributed by atoms with van der Waals surface area (Å²) in [5.41, 5.74) is 8.90. The first-order chi connectivity index (χ1) is 9.72. The number of nitrogens with zero attached hydrogens (tertiary/aromatic N) is 1. The minimum absolute atomic E-state index is 0.207. The molecule has 1 unspecified atom stereocenters. The van der Waals surface area contributed by atoms with Crippen LogP contribution in [-0.2, 0) is 6.42 Å². The van der Waals surface area contributed by atoms with E-state index < -0.39 is 0 Å². The van der Waals surface area contributed by atoms with Gasteiger partial charge >= 0.3 is 0 Å². The van der Waals surface area contributed by atoms with Gasteiger partial charge in [-0.2, -0.15) is 0 Å². The van der Waals surface area contributed by atoms with Crippen LogP contribution in [0.2, 0.25) is 5.02 Å². The molecule has 0 spiro atoms. The summed E-state index contributed by atoms with van der Waals surface area (Å²) < 4.78 is 5.68. The first-order valence-electron chi connectivity index (χ1n) is 6.58. The first kappa shape index (κ1) is 13.2. The number of benzene rings is 2. The number of rotatable bonds is 4. The lowest BCUT2D eigenvalue weighted by atomic mass is 10.1. The molecule has 2 N–H and O–H groups in total. The molecule has 0 saturated carbocycles. The van der Waals surface area contributed by atoms with Crippen LogP contribution in [0, 0.1) is 0 Å². The Bertz CT molecular complexity index is 709. The highest BCUT2D eigenvalue weighted by molar-refractivity contribution is 6.31. The number of halogens is 1. The maximum atomic E-state index is 6.16. The second kappa shape index (κ2) is 5.65. The van der Waals surface area contributed by atoms with Crippen LogP contribution in [0.3, 0.4) is 0 Å². The van der Waals surface area contributed by atoms with Crippen LogP contribution in [0.5, 0.6) is 0 Å².